The molecule has 2 atom stereocenters. The van der Waals surface area contributed by atoms with Crippen molar-refractivity contribution in [2.24, 2.45) is 11.8 Å². The summed E-state index contributed by atoms with van der Waals surface area (Å²) in [6.07, 6.45) is 9.48. The third-order valence-corrected chi connectivity index (χ3v) is 5.44. The van der Waals surface area contributed by atoms with E-state index in [2.05, 4.69) is 42.1 Å². The summed E-state index contributed by atoms with van der Waals surface area (Å²) in [5, 5.41) is 0. The molecule has 2 heterocycles. The Morgan fingerprint density at radius 3 is 2.68 bits per heavy atom. The van der Waals surface area contributed by atoms with Crippen LogP contribution in [0.4, 0.5) is 0 Å². The van der Waals surface area contributed by atoms with E-state index in [-0.39, 0.29) is 0 Å². The molecule has 1 aliphatic carbocycles. The van der Waals surface area contributed by atoms with Gasteiger partial charge in [0.1, 0.15) is 0 Å². The van der Waals surface area contributed by atoms with Crippen LogP contribution in [-0.2, 0) is 5.41 Å². The summed E-state index contributed by atoms with van der Waals surface area (Å²) in [7, 11) is 0. The van der Waals surface area contributed by atoms with Gasteiger partial charge in [0.25, 0.3) is 0 Å². The summed E-state index contributed by atoms with van der Waals surface area (Å²) in [6, 6.07) is 4.34. The van der Waals surface area contributed by atoms with Crippen molar-refractivity contribution in [1.29, 1.82) is 0 Å². The molecule has 104 valence electrons. The average Bonchev–Trinajstić information content (AvgIpc) is 2.83. The monoisotopic (exact) mass is 258 g/mol. The quantitative estimate of drug-likeness (QED) is 0.726. The topological polar surface area (TPSA) is 16.1 Å². The highest BCUT2D eigenvalue weighted by Crippen LogP contribution is 2.63. The number of fused-ring (bicyclic) bond motifs is 1. The van der Waals surface area contributed by atoms with E-state index in [1.54, 1.807) is 0 Å². The fourth-order valence-corrected chi connectivity index (χ4v) is 4.02. The fraction of sp³-hybridized carbons (Fsp3) is 0.706. The van der Waals surface area contributed by atoms with Crippen LogP contribution in [0.2, 0.25) is 0 Å². The van der Waals surface area contributed by atoms with Crippen LogP contribution in [-0.4, -0.2) is 29.5 Å². The smallest absolute Gasteiger partial charge is 0.0305 e. The second-order valence-electron chi connectivity index (χ2n) is 6.56. The Morgan fingerprint density at radius 1 is 1.26 bits per heavy atom. The Balaban J connectivity index is 1.50. The number of unbranched alkanes of at least 4 members (excludes halogenated alkanes) is 3. The molecular weight excluding hydrogens is 232 g/mol. The maximum atomic E-state index is 4.29. The maximum absolute atomic E-state index is 4.29. The number of hydrogen-bond donors (Lipinski definition) is 0. The summed E-state index contributed by atoms with van der Waals surface area (Å²) < 4.78 is 0. The van der Waals surface area contributed by atoms with Crippen LogP contribution in [0.3, 0.4) is 0 Å². The van der Waals surface area contributed by atoms with Gasteiger partial charge in [0, 0.05) is 30.9 Å². The van der Waals surface area contributed by atoms with Crippen LogP contribution in [0.15, 0.2) is 24.5 Å². The van der Waals surface area contributed by atoms with Crippen molar-refractivity contribution in [3.05, 3.63) is 30.1 Å². The molecule has 0 spiro atoms. The first kappa shape index (κ1) is 13.1. The molecule has 1 aliphatic heterocycles. The molecule has 2 unspecified atom stereocenters. The van der Waals surface area contributed by atoms with E-state index >= 15 is 0 Å². The van der Waals surface area contributed by atoms with Gasteiger partial charge in [-0.15, -0.1) is 0 Å². The SMILES string of the molecule is CCCCCCN1CC2C(C1)C2(C)c1cccnc1. The Bertz CT molecular complexity index is 403. The normalized spacial score (nSPS) is 33.4. The maximum Gasteiger partial charge on any atom is 0.0305 e. The molecule has 2 heteroatoms. The van der Waals surface area contributed by atoms with Crippen molar-refractivity contribution >= 4 is 0 Å². The number of rotatable bonds is 6. The van der Waals surface area contributed by atoms with Crippen molar-refractivity contribution in [3.63, 3.8) is 0 Å². The van der Waals surface area contributed by atoms with Crippen LogP contribution in [0.25, 0.3) is 0 Å². The van der Waals surface area contributed by atoms with Gasteiger partial charge in [0.15, 0.2) is 0 Å². The van der Waals surface area contributed by atoms with E-state index in [4.69, 9.17) is 0 Å². The molecule has 0 aromatic carbocycles. The van der Waals surface area contributed by atoms with Crippen molar-refractivity contribution in [3.8, 4) is 0 Å². The third-order valence-electron chi connectivity index (χ3n) is 5.44. The molecule has 1 aromatic heterocycles. The second kappa shape index (κ2) is 5.24. The minimum Gasteiger partial charge on any atom is -0.303 e. The van der Waals surface area contributed by atoms with Gasteiger partial charge in [-0.3, -0.25) is 4.98 Å². The van der Waals surface area contributed by atoms with Crippen LogP contribution < -0.4 is 0 Å². The highest BCUT2D eigenvalue weighted by atomic mass is 15.2. The van der Waals surface area contributed by atoms with E-state index in [0.29, 0.717) is 5.41 Å². The van der Waals surface area contributed by atoms with Gasteiger partial charge in [-0.2, -0.15) is 0 Å². The lowest BCUT2D eigenvalue weighted by atomic mass is 9.94. The highest BCUT2D eigenvalue weighted by molar-refractivity contribution is 5.35. The zero-order valence-corrected chi connectivity index (χ0v) is 12.3. The molecule has 0 N–H and O–H groups in total. The predicted octanol–water partition coefficient (Wildman–Crippen LogP) is 3.48. The molecule has 1 aromatic rings. The van der Waals surface area contributed by atoms with Crippen LogP contribution in [0.1, 0.15) is 45.1 Å². The van der Waals surface area contributed by atoms with Crippen LogP contribution in [0.5, 0.6) is 0 Å². The minimum absolute atomic E-state index is 0.425. The first-order valence-corrected chi connectivity index (χ1v) is 7.89. The van der Waals surface area contributed by atoms with Crippen LogP contribution >= 0.6 is 0 Å². The van der Waals surface area contributed by atoms with Crippen molar-refractivity contribution in [2.75, 3.05) is 19.6 Å². The summed E-state index contributed by atoms with van der Waals surface area (Å²) >= 11 is 0. The summed E-state index contributed by atoms with van der Waals surface area (Å²) in [5.41, 5.74) is 1.88. The first-order valence-electron chi connectivity index (χ1n) is 7.89. The van der Waals surface area contributed by atoms with E-state index in [1.165, 1.54) is 50.9 Å². The predicted molar refractivity (Wildman–Crippen MR) is 79.2 cm³/mol. The molecule has 2 nitrogen and oxygen atoms in total. The molecular formula is C17H26N2. The molecule has 0 bridgehead atoms. The number of hydrogen-bond acceptors (Lipinski definition) is 2. The molecule has 1 saturated heterocycles. The van der Waals surface area contributed by atoms with Crippen LogP contribution in [0, 0.1) is 11.8 Å². The van der Waals surface area contributed by atoms with Gasteiger partial charge in [0.2, 0.25) is 0 Å². The summed E-state index contributed by atoms with van der Waals surface area (Å²) in [6.45, 7) is 8.65. The molecule has 3 rings (SSSR count). The Hall–Kier alpha value is -0.890. The van der Waals surface area contributed by atoms with Crippen molar-refractivity contribution in [1.82, 2.24) is 9.88 Å². The Labute approximate surface area is 117 Å². The van der Waals surface area contributed by atoms with Gasteiger partial charge in [0.05, 0.1) is 0 Å². The van der Waals surface area contributed by atoms with Gasteiger partial charge in [-0.25, -0.2) is 0 Å². The van der Waals surface area contributed by atoms with Crippen molar-refractivity contribution < 1.29 is 0 Å². The second-order valence-corrected chi connectivity index (χ2v) is 6.56. The first-order chi connectivity index (χ1) is 9.26. The number of pyridine rings is 1. The number of likely N-dealkylation sites (tertiary alicyclic amines) is 1. The van der Waals surface area contributed by atoms with Gasteiger partial charge < -0.3 is 4.90 Å². The lowest BCUT2D eigenvalue weighted by Crippen LogP contribution is -2.29. The fourth-order valence-electron chi connectivity index (χ4n) is 4.02. The summed E-state index contributed by atoms with van der Waals surface area (Å²) in [4.78, 5) is 6.98. The third kappa shape index (κ3) is 2.31. The zero-order valence-electron chi connectivity index (χ0n) is 12.3. The number of aromatic nitrogens is 1. The molecule has 0 amide bonds. The minimum atomic E-state index is 0.425. The molecule has 2 fully saturated rings. The lowest BCUT2D eigenvalue weighted by molar-refractivity contribution is 0.271. The largest absolute Gasteiger partial charge is 0.303 e. The number of piperidine rings is 1. The molecule has 1 saturated carbocycles. The van der Waals surface area contributed by atoms with Crippen molar-refractivity contribution in [2.45, 2.75) is 44.9 Å². The number of nitrogens with zero attached hydrogens (tertiary/aromatic N) is 2. The lowest BCUT2D eigenvalue weighted by Gasteiger charge is -2.24. The highest BCUT2D eigenvalue weighted by Gasteiger charge is 2.65. The zero-order chi connectivity index (χ0) is 13.3. The Morgan fingerprint density at radius 2 is 2.05 bits per heavy atom. The Kier molecular flexibility index (Phi) is 3.62. The molecule has 0 radical (unpaired) electrons. The van der Waals surface area contributed by atoms with Gasteiger partial charge in [-0.1, -0.05) is 39.2 Å². The summed E-state index contributed by atoms with van der Waals surface area (Å²) in [5.74, 6) is 1.76. The van der Waals surface area contributed by atoms with Gasteiger partial charge >= 0.3 is 0 Å². The molecule has 19 heavy (non-hydrogen) atoms. The molecule has 2 aliphatic rings. The van der Waals surface area contributed by atoms with E-state index in [1.807, 2.05) is 6.20 Å². The van der Waals surface area contributed by atoms with E-state index in [0.717, 1.165) is 11.8 Å². The van der Waals surface area contributed by atoms with E-state index in [9.17, 15) is 0 Å². The van der Waals surface area contributed by atoms with Gasteiger partial charge in [-0.05, 0) is 36.4 Å². The van der Waals surface area contributed by atoms with E-state index < -0.39 is 0 Å². The average molecular weight is 258 g/mol. The standard InChI is InChI=1S/C17H26N2/c1-3-4-5-6-10-19-12-15-16(13-19)17(15,2)14-8-7-9-18-11-14/h7-9,11,15-16H,3-6,10,12-13H2,1-2H3.